The minimum atomic E-state index is -0.855. The summed E-state index contributed by atoms with van der Waals surface area (Å²) in [6, 6.07) is 0.976. The highest BCUT2D eigenvalue weighted by Crippen LogP contribution is 2.38. The molecule has 3 rings (SSSR count). The van der Waals surface area contributed by atoms with Gasteiger partial charge in [-0.05, 0) is 35.0 Å². The molecule has 1 aliphatic carbocycles. The van der Waals surface area contributed by atoms with E-state index in [9.17, 15) is 8.78 Å². The second kappa shape index (κ2) is 4.70. The Morgan fingerprint density at radius 2 is 2.16 bits per heavy atom. The van der Waals surface area contributed by atoms with Crippen LogP contribution in [0, 0.1) is 11.6 Å². The van der Waals surface area contributed by atoms with Gasteiger partial charge >= 0.3 is 0 Å². The lowest BCUT2D eigenvalue weighted by Crippen LogP contribution is -2.11. The zero-order valence-corrected chi connectivity index (χ0v) is 10.4. The average Bonchev–Trinajstić information content (AvgIpc) is 3.13. The molecule has 7 nitrogen and oxygen atoms in total. The van der Waals surface area contributed by atoms with Crippen LogP contribution in [0.15, 0.2) is 16.2 Å². The van der Waals surface area contributed by atoms with E-state index in [0.717, 1.165) is 30.7 Å². The number of hydrogen-bond acceptors (Lipinski definition) is 7. The Labute approximate surface area is 110 Å². The van der Waals surface area contributed by atoms with Crippen molar-refractivity contribution >= 4 is 17.6 Å². The quantitative estimate of drug-likeness (QED) is 0.642. The van der Waals surface area contributed by atoms with Crippen LogP contribution in [0.25, 0.3) is 0 Å². The van der Waals surface area contributed by atoms with Gasteiger partial charge < -0.3 is 5.43 Å². The Kier molecular flexibility index (Phi) is 3.03. The van der Waals surface area contributed by atoms with Crippen LogP contribution in [0.3, 0.4) is 0 Å². The van der Waals surface area contributed by atoms with Crippen molar-refractivity contribution in [1.82, 2.24) is 25.2 Å². The number of anilines is 1. The molecule has 10 heteroatoms. The minimum absolute atomic E-state index is 0.0361. The van der Waals surface area contributed by atoms with Gasteiger partial charge in [0.05, 0.1) is 6.04 Å². The van der Waals surface area contributed by atoms with Crippen LogP contribution in [0.4, 0.5) is 14.6 Å². The molecule has 2 heterocycles. The largest absolute Gasteiger partial charge is 0.306 e. The highest BCUT2D eigenvalue weighted by atomic mass is 32.2. The predicted octanol–water partition coefficient (Wildman–Crippen LogP) is 1.12. The Balaban J connectivity index is 1.92. The lowest BCUT2D eigenvalue weighted by molar-refractivity contribution is 0.546. The van der Waals surface area contributed by atoms with Crippen molar-refractivity contribution in [2.45, 2.75) is 29.1 Å². The molecule has 0 saturated heterocycles. The maximum atomic E-state index is 13.6. The molecule has 1 saturated carbocycles. The maximum absolute atomic E-state index is 13.6. The molecule has 100 valence electrons. The van der Waals surface area contributed by atoms with E-state index in [2.05, 4.69) is 25.9 Å². The van der Waals surface area contributed by atoms with Crippen molar-refractivity contribution in [3.05, 3.63) is 17.7 Å². The molecule has 19 heavy (non-hydrogen) atoms. The zero-order chi connectivity index (χ0) is 13.4. The number of hydrazine groups is 1. The van der Waals surface area contributed by atoms with Gasteiger partial charge in [-0.3, -0.25) is 0 Å². The number of aromatic nitrogens is 5. The van der Waals surface area contributed by atoms with E-state index in [1.807, 2.05) is 0 Å². The lowest BCUT2D eigenvalue weighted by Gasteiger charge is -2.06. The molecular weight excluding hydrogens is 276 g/mol. The molecule has 1 fully saturated rings. The summed E-state index contributed by atoms with van der Waals surface area (Å²) in [5.41, 5.74) is 2.07. The highest BCUT2D eigenvalue weighted by molar-refractivity contribution is 7.99. The van der Waals surface area contributed by atoms with Gasteiger partial charge in [0, 0.05) is 6.07 Å². The molecule has 2 aromatic rings. The number of pyridine rings is 1. The van der Waals surface area contributed by atoms with E-state index in [1.54, 1.807) is 4.68 Å². The molecule has 0 amide bonds. The molecule has 0 radical (unpaired) electrons. The molecule has 0 spiro atoms. The summed E-state index contributed by atoms with van der Waals surface area (Å²) >= 11 is 0.933. The molecule has 0 aromatic carbocycles. The van der Waals surface area contributed by atoms with Crippen molar-refractivity contribution in [2.75, 3.05) is 5.43 Å². The maximum Gasteiger partial charge on any atom is 0.215 e. The van der Waals surface area contributed by atoms with Gasteiger partial charge in [0.15, 0.2) is 17.5 Å². The monoisotopic (exact) mass is 285 g/mol. The molecule has 0 atom stereocenters. The van der Waals surface area contributed by atoms with Gasteiger partial charge in [-0.15, -0.1) is 5.10 Å². The number of halogens is 2. The van der Waals surface area contributed by atoms with Crippen molar-refractivity contribution in [3.8, 4) is 0 Å². The number of tetrazole rings is 1. The van der Waals surface area contributed by atoms with Crippen LogP contribution in [0.2, 0.25) is 0 Å². The average molecular weight is 285 g/mol. The van der Waals surface area contributed by atoms with Gasteiger partial charge in [0.2, 0.25) is 5.16 Å². The van der Waals surface area contributed by atoms with Gasteiger partial charge in [-0.25, -0.2) is 24.3 Å². The van der Waals surface area contributed by atoms with E-state index in [0.29, 0.717) is 5.16 Å². The van der Waals surface area contributed by atoms with Crippen LogP contribution in [0.5, 0.6) is 0 Å². The van der Waals surface area contributed by atoms with Crippen LogP contribution in [-0.2, 0) is 0 Å². The van der Waals surface area contributed by atoms with Gasteiger partial charge in [0.25, 0.3) is 0 Å². The third-order valence-corrected chi connectivity index (χ3v) is 3.51. The minimum Gasteiger partial charge on any atom is -0.306 e. The standard InChI is InChI=1S/C9H9F2N7S/c10-5-3-6(11)8(13-7(5)14-12)19-9-15-16-17-18(9)4-1-2-4/h3-4H,1-2,12H2,(H,13,14). The molecule has 1 aliphatic rings. The lowest BCUT2D eigenvalue weighted by atomic mass is 10.4. The first-order chi connectivity index (χ1) is 9.19. The Morgan fingerprint density at radius 1 is 1.37 bits per heavy atom. The predicted molar refractivity (Wildman–Crippen MR) is 62.2 cm³/mol. The number of nitrogens with zero attached hydrogens (tertiary/aromatic N) is 5. The normalized spacial score (nSPS) is 14.7. The smallest absolute Gasteiger partial charge is 0.215 e. The number of rotatable bonds is 4. The first-order valence-electron chi connectivity index (χ1n) is 5.47. The fourth-order valence-electron chi connectivity index (χ4n) is 1.51. The summed E-state index contributed by atoms with van der Waals surface area (Å²) in [5.74, 6) is 3.23. The number of nitrogen functional groups attached to an aromatic ring is 1. The summed E-state index contributed by atoms with van der Waals surface area (Å²) in [7, 11) is 0. The van der Waals surface area contributed by atoms with E-state index >= 15 is 0 Å². The van der Waals surface area contributed by atoms with Crippen molar-refractivity contribution in [1.29, 1.82) is 0 Å². The first-order valence-corrected chi connectivity index (χ1v) is 6.29. The van der Waals surface area contributed by atoms with Crippen molar-refractivity contribution < 1.29 is 8.78 Å². The molecule has 3 N–H and O–H groups in total. The Bertz CT molecular complexity index is 613. The third kappa shape index (κ3) is 2.36. The highest BCUT2D eigenvalue weighted by Gasteiger charge is 2.28. The van der Waals surface area contributed by atoms with Gasteiger partial charge in [-0.1, -0.05) is 0 Å². The van der Waals surface area contributed by atoms with E-state index < -0.39 is 11.6 Å². The summed E-state index contributed by atoms with van der Waals surface area (Å²) < 4.78 is 28.5. The first kappa shape index (κ1) is 12.2. The van der Waals surface area contributed by atoms with Crippen LogP contribution < -0.4 is 11.3 Å². The van der Waals surface area contributed by atoms with Gasteiger partial charge in [0.1, 0.15) is 5.03 Å². The topological polar surface area (TPSA) is 94.5 Å². The summed E-state index contributed by atoms with van der Waals surface area (Å²) in [6.45, 7) is 0. The summed E-state index contributed by atoms with van der Waals surface area (Å²) in [5, 5.41) is 11.6. The summed E-state index contributed by atoms with van der Waals surface area (Å²) in [6.07, 6.45) is 1.99. The van der Waals surface area contributed by atoms with Crippen molar-refractivity contribution in [2.24, 2.45) is 5.84 Å². The number of nitrogens with two attached hydrogens (primary N) is 1. The molecule has 0 bridgehead atoms. The third-order valence-electron chi connectivity index (χ3n) is 2.58. The molecular formula is C9H9F2N7S. The number of nitrogens with one attached hydrogen (secondary N) is 1. The van der Waals surface area contributed by atoms with E-state index in [4.69, 9.17) is 5.84 Å². The zero-order valence-electron chi connectivity index (χ0n) is 9.55. The second-order valence-electron chi connectivity index (χ2n) is 3.99. The SMILES string of the molecule is NNc1nc(Sc2nnnn2C2CC2)c(F)cc1F. The fourth-order valence-corrected chi connectivity index (χ4v) is 2.33. The second-order valence-corrected chi connectivity index (χ2v) is 4.95. The van der Waals surface area contributed by atoms with Gasteiger partial charge in [-0.2, -0.15) is 0 Å². The van der Waals surface area contributed by atoms with E-state index in [-0.39, 0.29) is 16.9 Å². The van der Waals surface area contributed by atoms with Crippen LogP contribution in [-0.4, -0.2) is 25.2 Å². The number of hydrogen-bond donors (Lipinski definition) is 2. The molecule has 2 aromatic heterocycles. The van der Waals surface area contributed by atoms with E-state index in [1.165, 1.54) is 0 Å². The fraction of sp³-hybridized carbons (Fsp3) is 0.333. The Hall–Kier alpha value is -1.81. The Morgan fingerprint density at radius 3 is 2.84 bits per heavy atom. The molecule has 0 aliphatic heterocycles. The molecule has 0 unspecified atom stereocenters. The van der Waals surface area contributed by atoms with Crippen molar-refractivity contribution in [3.63, 3.8) is 0 Å². The summed E-state index contributed by atoms with van der Waals surface area (Å²) in [4.78, 5) is 3.75. The van der Waals surface area contributed by atoms with Crippen LogP contribution in [0.1, 0.15) is 18.9 Å². The van der Waals surface area contributed by atoms with Crippen LogP contribution >= 0.6 is 11.8 Å².